The number of carboxylic acid groups (broad SMARTS) is 1. The number of pyridine rings is 1. The van der Waals surface area contributed by atoms with E-state index in [1.807, 2.05) is 66.4 Å². The Balaban J connectivity index is 1.58. The molecule has 0 unspecified atom stereocenters. The lowest BCUT2D eigenvalue weighted by Gasteiger charge is -2.26. The summed E-state index contributed by atoms with van der Waals surface area (Å²) in [5.41, 5.74) is 3.60. The molecule has 4 aromatic rings. The smallest absolute Gasteiger partial charge is 0.335 e. The highest BCUT2D eigenvalue weighted by atomic mass is 35.5. The molecule has 6 nitrogen and oxygen atoms in total. The molecule has 1 saturated heterocycles. The lowest BCUT2D eigenvalue weighted by atomic mass is 10.0. The van der Waals surface area contributed by atoms with E-state index in [0.29, 0.717) is 21.7 Å². The van der Waals surface area contributed by atoms with Crippen LogP contribution in [0.3, 0.4) is 0 Å². The molecule has 0 amide bonds. The molecule has 1 fully saturated rings. The van der Waals surface area contributed by atoms with Crippen molar-refractivity contribution in [3.63, 3.8) is 0 Å². The second-order valence-corrected chi connectivity index (χ2v) is 8.83. The van der Waals surface area contributed by atoms with Crippen molar-refractivity contribution in [3.8, 4) is 11.3 Å². The summed E-state index contributed by atoms with van der Waals surface area (Å²) in [6, 6.07) is 21.5. The Morgan fingerprint density at radius 2 is 1.91 bits per heavy atom. The van der Waals surface area contributed by atoms with E-state index in [9.17, 15) is 9.90 Å². The number of hydrogen-bond donors (Lipinski definition) is 2. The topological polar surface area (TPSA) is 78.6 Å². The van der Waals surface area contributed by atoms with Crippen molar-refractivity contribution in [1.29, 1.82) is 0 Å². The number of aromatic nitrogens is 1. The first-order chi connectivity index (χ1) is 16.4. The summed E-state index contributed by atoms with van der Waals surface area (Å²) >= 11 is 11.8. The Bertz CT molecular complexity index is 1370. The van der Waals surface area contributed by atoms with Crippen LogP contribution in [0, 0.1) is 6.92 Å². The zero-order valence-electron chi connectivity index (χ0n) is 18.1. The SMILES string of the molecule is Cc1cc(C(=O)O)ccc1-c1ccc([C@@H]2[C@@H](c3ccccn3)NC(=S)N2c2ccc(Cl)cc2)o1. The number of benzene rings is 2. The molecule has 0 radical (unpaired) electrons. The third kappa shape index (κ3) is 4.04. The van der Waals surface area contributed by atoms with Gasteiger partial charge >= 0.3 is 5.97 Å². The predicted octanol–water partition coefficient (Wildman–Crippen LogP) is 6.18. The van der Waals surface area contributed by atoms with Gasteiger partial charge in [-0.15, -0.1) is 0 Å². The number of aryl methyl sites for hydroxylation is 1. The summed E-state index contributed by atoms with van der Waals surface area (Å²) in [6.07, 6.45) is 1.75. The van der Waals surface area contributed by atoms with Gasteiger partial charge in [-0.25, -0.2) is 4.79 Å². The van der Waals surface area contributed by atoms with Gasteiger partial charge in [-0.1, -0.05) is 23.7 Å². The quantitative estimate of drug-likeness (QED) is 0.324. The van der Waals surface area contributed by atoms with Crippen LogP contribution in [0.1, 0.15) is 39.5 Å². The fourth-order valence-corrected chi connectivity index (χ4v) is 4.73. The number of carbonyl (C=O) groups is 1. The van der Waals surface area contributed by atoms with E-state index in [4.69, 9.17) is 28.2 Å². The Labute approximate surface area is 206 Å². The van der Waals surface area contributed by atoms with Gasteiger partial charge < -0.3 is 19.7 Å². The van der Waals surface area contributed by atoms with Crippen LogP contribution in [0.25, 0.3) is 11.3 Å². The first-order valence-electron chi connectivity index (χ1n) is 10.6. The molecule has 3 heterocycles. The number of furan rings is 1. The molecule has 5 rings (SSSR count). The Morgan fingerprint density at radius 3 is 2.59 bits per heavy atom. The number of anilines is 1. The van der Waals surface area contributed by atoms with E-state index in [-0.39, 0.29) is 17.6 Å². The first kappa shape index (κ1) is 22.1. The lowest BCUT2D eigenvalue weighted by molar-refractivity contribution is 0.0697. The van der Waals surface area contributed by atoms with E-state index in [1.54, 1.807) is 24.4 Å². The summed E-state index contributed by atoms with van der Waals surface area (Å²) in [7, 11) is 0. The van der Waals surface area contributed by atoms with Gasteiger partial charge in [0.1, 0.15) is 17.6 Å². The normalized spacial score (nSPS) is 17.6. The highest BCUT2D eigenvalue weighted by Gasteiger charge is 2.42. The zero-order valence-corrected chi connectivity index (χ0v) is 19.7. The molecule has 2 aromatic carbocycles. The average Bonchev–Trinajstić information content (AvgIpc) is 3.44. The molecule has 0 aliphatic carbocycles. The molecular weight excluding hydrogens is 470 g/mol. The van der Waals surface area contributed by atoms with Crippen molar-refractivity contribution >= 4 is 40.6 Å². The molecule has 1 aliphatic heterocycles. The third-order valence-corrected chi connectivity index (χ3v) is 6.43. The van der Waals surface area contributed by atoms with Crippen LogP contribution >= 0.6 is 23.8 Å². The van der Waals surface area contributed by atoms with Crippen molar-refractivity contribution in [1.82, 2.24) is 10.3 Å². The van der Waals surface area contributed by atoms with E-state index in [2.05, 4.69) is 10.3 Å². The van der Waals surface area contributed by atoms with Crippen molar-refractivity contribution in [3.05, 3.63) is 107 Å². The Kier molecular flexibility index (Phi) is 5.81. The fraction of sp³-hybridized carbons (Fsp3) is 0.115. The van der Waals surface area contributed by atoms with Crippen LogP contribution in [0.15, 0.2) is 83.4 Å². The molecule has 2 atom stereocenters. The van der Waals surface area contributed by atoms with E-state index in [1.165, 1.54) is 0 Å². The highest BCUT2D eigenvalue weighted by Crippen LogP contribution is 2.43. The number of nitrogens with zero attached hydrogens (tertiary/aromatic N) is 2. The number of rotatable bonds is 5. The minimum absolute atomic E-state index is 0.237. The molecule has 0 spiro atoms. The van der Waals surface area contributed by atoms with Crippen molar-refractivity contribution in [2.45, 2.75) is 19.0 Å². The van der Waals surface area contributed by atoms with Crippen LogP contribution in [-0.4, -0.2) is 21.2 Å². The zero-order chi connectivity index (χ0) is 23.8. The largest absolute Gasteiger partial charge is 0.478 e. The first-order valence-corrected chi connectivity index (χ1v) is 11.4. The van der Waals surface area contributed by atoms with Gasteiger partial charge in [-0.05, 0) is 85.4 Å². The molecule has 34 heavy (non-hydrogen) atoms. The van der Waals surface area contributed by atoms with Gasteiger partial charge in [0, 0.05) is 22.5 Å². The number of thiocarbonyl (C=S) groups is 1. The summed E-state index contributed by atoms with van der Waals surface area (Å²) in [4.78, 5) is 17.9. The van der Waals surface area contributed by atoms with Crippen molar-refractivity contribution in [2.75, 3.05) is 4.90 Å². The maximum absolute atomic E-state index is 11.3. The van der Waals surface area contributed by atoms with Crippen molar-refractivity contribution < 1.29 is 14.3 Å². The molecule has 8 heteroatoms. The molecule has 1 aliphatic rings. The standard InChI is InChI=1S/C26H20ClN3O3S/c1-15-14-16(25(31)32)5-10-19(15)21-11-12-22(33-21)24-23(20-4-2-3-13-28-20)29-26(34)30(24)18-8-6-17(27)7-9-18/h2-14,23-24H,1H3,(H,29,34)(H,31,32)/t23-,24-/m1/s1. The minimum Gasteiger partial charge on any atom is -0.478 e. The monoisotopic (exact) mass is 489 g/mol. The van der Waals surface area contributed by atoms with Gasteiger partial charge in [0.25, 0.3) is 0 Å². The number of aromatic carboxylic acids is 1. The molecule has 170 valence electrons. The van der Waals surface area contributed by atoms with Gasteiger partial charge in [-0.2, -0.15) is 0 Å². The molecule has 2 aromatic heterocycles. The molecule has 0 saturated carbocycles. The lowest BCUT2D eigenvalue weighted by Crippen LogP contribution is -2.29. The van der Waals surface area contributed by atoms with Gasteiger partial charge in [0.15, 0.2) is 5.11 Å². The summed E-state index contributed by atoms with van der Waals surface area (Å²) in [6.45, 7) is 1.87. The summed E-state index contributed by atoms with van der Waals surface area (Å²) < 4.78 is 6.37. The van der Waals surface area contributed by atoms with Gasteiger partial charge in [-0.3, -0.25) is 4.98 Å². The summed E-state index contributed by atoms with van der Waals surface area (Å²) in [5, 5.41) is 13.9. The second kappa shape index (κ2) is 8.93. The molecule has 2 N–H and O–H groups in total. The van der Waals surface area contributed by atoms with E-state index >= 15 is 0 Å². The Hall–Kier alpha value is -3.68. The van der Waals surface area contributed by atoms with Crippen LogP contribution in [0.4, 0.5) is 5.69 Å². The van der Waals surface area contributed by atoms with Crippen LogP contribution in [0.2, 0.25) is 5.02 Å². The highest BCUT2D eigenvalue weighted by molar-refractivity contribution is 7.80. The summed E-state index contributed by atoms with van der Waals surface area (Å²) in [5.74, 6) is 0.393. The van der Waals surface area contributed by atoms with Gasteiger partial charge in [0.05, 0.1) is 17.3 Å². The van der Waals surface area contributed by atoms with E-state index < -0.39 is 5.97 Å². The second-order valence-electron chi connectivity index (χ2n) is 8.01. The maximum atomic E-state index is 11.3. The molecular formula is C26H20ClN3O3S. The number of hydrogen-bond acceptors (Lipinski definition) is 4. The fourth-order valence-electron chi connectivity index (χ4n) is 4.25. The minimum atomic E-state index is -0.961. The average molecular weight is 490 g/mol. The Morgan fingerprint density at radius 1 is 1.12 bits per heavy atom. The van der Waals surface area contributed by atoms with Crippen LogP contribution in [0.5, 0.6) is 0 Å². The predicted molar refractivity (Wildman–Crippen MR) is 135 cm³/mol. The van der Waals surface area contributed by atoms with E-state index in [0.717, 1.165) is 22.5 Å². The third-order valence-electron chi connectivity index (χ3n) is 5.86. The number of halogens is 1. The van der Waals surface area contributed by atoms with Crippen LogP contribution < -0.4 is 10.2 Å². The molecule has 0 bridgehead atoms. The van der Waals surface area contributed by atoms with Crippen LogP contribution in [-0.2, 0) is 0 Å². The number of nitrogens with one attached hydrogen (secondary N) is 1. The van der Waals surface area contributed by atoms with Crippen molar-refractivity contribution in [2.24, 2.45) is 0 Å². The maximum Gasteiger partial charge on any atom is 0.335 e. The van der Waals surface area contributed by atoms with Gasteiger partial charge in [0.2, 0.25) is 0 Å². The number of carboxylic acids is 1.